The molecule has 1 nitrogen and oxygen atoms in total. The highest BCUT2D eigenvalue weighted by atomic mass is 28.3. The van der Waals surface area contributed by atoms with Crippen molar-refractivity contribution in [1.29, 1.82) is 0 Å². The summed E-state index contributed by atoms with van der Waals surface area (Å²) in [5.41, 5.74) is 0. The molecule has 0 bridgehead atoms. The second-order valence-corrected chi connectivity index (χ2v) is 10.2. The number of likely N-dealkylation sites (tertiary alicyclic amines) is 1. The fraction of sp³-hybridized carbons (Fsp3) is 1.00. The standard InChI is InChI=1S/C10H23NSi/c1-4-12(2,3)10-11-8-6-5-7-9-11/h4-10H2,1-3H3. The molecule has 1 aliphatic rings. The Kier molecular flexibility index (Phi) is 3.78. The van der Waals surface area contributed by atoms with Crippen molar-refractivity contribution in [3.8, 4) is 0 Å². The first-order valence-electron chi connectivity index (χ1n) is 5.36. The Morgan fingerprint density at radius 1 is 1.08 bits per heavy atom. The van der Waals surface area contributed by atoms with Gasteiger partial charge in [-0.2, -0.15) is 0 Å². The van der Waals surface area contributed by atoms with Gasteiger partial charge in [0, 0.05) is 0 Å². The van der Waals surface area contributed by atoms with E-state index in [2.05, 4.69) is 24.9 Å². The molecule has 1 aliphatic heterocycles. The number of piperidine rings is 1. The van der Waals surface area contributed by atoms with E-state index in [0.717, 1.165) is 0 Å². The summed E-state index contributed by atoms with van der Waals surface area (Å²) >= 11 is 0. The van der Waals surface area contributed by atoms with E-state index in [9.17, 15) is 0 Å². The first kappa shape index (κ1) is 10.3. The lowest BCUT2D eigenvalue weighted by Gasteiger charge is -2.33. The van der Waals surface area contributed by atoms with Gasteiger partial charge in [-0.1, -0.05) is 32.5 Å². The molecule has 0 atom stereocenters. The molecule has 0 unspecified atom stereocenters. The maximum absolute atomic E-state index is 2.69. The van der Waals surface area contributed by atoms with Crippen LogP contribution in [0, 0.1) is 0 Å². The quantitative estimate of drug-likeness (QED) is 0.611. The Morgan fingerprint density at radius 2 is 1.67 bits per heavy atom. The van der Waals surface area contributed by atoms with Gasteiger partial charge in [-0.25, -0.2) is 0 Å². The first-order valence-corrected chi connectivity index (χ1v) is 8.78. The molecule has 1 heterocycles. The zero-order valence-corrected chi connectivity index (χ0v) is 9.90. The third-order valence-electron chi connectivity index (χ3n) is 3.06. The van der Waals surface area contributed by atoms with Crippen molar-refractivity contribution in [3.63, 3.8) is 0 Å². The van der Waals surface area contributed by atoms with E-state index in [0.29, 0.717) is 0 Å². The topological polar surface area (TPSA) is 3.24 Å². The predicted octanol–water partition coefficient (Wildman–Crippen LogP) is 2.74. The third-order valence-corrected chi connectivity index (χ3v) is 6.27. The Labute approximate surface area is 78.2 Å². The fourth-order valence-electron chi connectivity index (χ4n) is 1.83. The van der Waals surface area contributed by atoms with Crippen molar-refractivity contribution in [2.75, 3.05) is 19.3 Å². The van der Waals surface area contributed by atoms with E-state index in [-0.39, 0.29) is 0 Å². The van der Waals surface area contributed by atoms with Crippen LogP contribution in [0.4, 0.5) is 0 Å². The molecule has 1 saturated heterocycles. The highest BCUT2D eigenvalue weighted by molar-refractivity contribution is 6.77. The average Bonchev–Trinajstić information content (AvgIpc) is 2.06. The Morgan fingerprint density at radius 3 is 2.17 bits per heavy atom. The summed E-state index contributed by atoms with van der Waals surface area (Å²) in [5.74, 6) is 0. The number of hydrogen-bond donors (Lipinski definition) is 0. The number of nitrogens with zero attached hydrogens (tertiary/aromatic N) is 1. The molecule has 0 saturated carbocycles. The van der Waals surface area contributed by atoms with Crippen molar-refractivity contribution < 1.29 is 0 Å². The van der Waals surface area contributed by atoms with Crippen LogP contribution in [0.15, 0.2) is 0 Å². The largest absolute Gasteiger partial charge is 0.306 e. The lowest BCUT2D eigenvalue weighted by molar-refractivity contribution is 0.259. The Bertz CT molecular complexity index is 128. The van der Waals surface area contributed by atoms with E-state index in [1.54, 1.807) is 0 Å². The molecule has 0 N–H and O–H groups in total. The average molecular weight is 185 g/mol. The molecule has 0 aromatic rings. The Hall–Kier alpha value is 0.177. The summed E-state index contributed by atoms with van der Waals surface area (Å²) in [6, 6.07) is 1.43. The molecule has 12 heavy (non-hydrogen) atoms. The van der Waals surface area contributed by atoms with Gasteiger partial charge in [-0.15, -0.1) is 0 Å². The molecule has 1 rings (SSSR count). The monoisotopic (exact) mass is 185 g/mol. The second-order valence-electron chi connectivity index (χ2n) is 4.85. The highest BCUT2D eigenvalue weighted by Crippen LogP contribution is 2.15. The van der Waals surface area contributed by atoms with Gasteiger partial charge < -0.3 is 4.90 Å². The smallest absolute Gasteiger partial charge is 0.0627 e. The molecular weight excluding hydrogens is 162 g/mol. The normalized spacial score (nSPS) is 21.2. The lowest BCUT2D eigenvalue weighted by Crippen LogP contribution is -2.44. The van der Waals surface area contributed by atoms with Gasteiger partial charge >= 0.3 is 0 Å². The zero-order chi connectivity index (χ0) is 9.03. The molecule has 0 spiro atoms. The van der Waals surface area contributed by atoms with Crippen molar-refractivity contribution in [3.05, 3.63) is 0 Å². The lowest BCUT2D eigenvalue weighted by atomic mass is 10.1. The summed E-state index contributed by atoms with van der Waals surface area (Å²) in [6.45, 7) is 10.1. The minimum atomic E-state index is -0.839. The van der Waals surface area contributed by atoms with E-state index in [4.69, 9.17) is 0 Å². The van der Waals surface area contributed by atoms with Gasteiger partial charge in [0.15, 0.2) is 0 Å². The van der Waals surface area contributed by atoms with E-state index in [1.807, 2.05) is 0 Å². The summed E-state index contributed by atoms with van der Waals surface area (Å²) in [5, 5.41) is 0. The highest BCUT2D eigenvalue weighted by Gasteiger charge is 2.22. The summed E-state index contributed by atoms with van der Waals surface area (Å²) < 4.78 is 0. The van der Waals surface area contributed by atoms with Gasteiger partial charge in [0.05, 0.1) is 8.07 Å². The molecule has 0 radical (unpaired) electrons. The minimum absolute atomic E-state index is 0.839. The molecule has 1 fully saturated rings. The molecule has 0 amide bonds. The predicted molar refractivity (Wildman–Crippen MR) is 58.3 cm³/mol. The summed E-state index contributed by atoms with van der Waals surface area (Å²) in [7, 11) is -0.839. The van der Waals surface area contributed by atoms with Crippen molar-refractivity contribution in [1.82, 2.24) is 4.90 Å². The zero-order valence-electron chi connectivity index (χ0n) is 8.90. The van der Waals surface area contributed by atoms with Gasteiger partial charge in [0.2, 0.25) is 0 Å². The third kappa shape index (κ3) is 3.28. The maximum Gasteiger partial charge on any atom is 0.0627 e. The van der Waals surface area contributed by atoms with Crippen LogP contribution in [0.3, 0.4) is 0 Å². The van der Waals surface area contributed by atoms with E-state index < -0.39 is 8.07 Å². The molecule has 0 aliphatic carbocycles. The van der Waals surface area contributed by atoms with Gasteiger partial charge in [-0.05, 0) is 32.1 Å². The molecule has 72 valence electrons. The van der Waals surface area contributed by atoms with Crippen molar-refractivity contribution in [2.24, 2.45) is 0 Å². The second kappa shape index (κ2) is 4.42. The van der Waals surface area contributed by atoms with Crippen LogP contribution in [0.5, 0.6) is 0 Å². The minimum Gasteiger partial charge on any atom is -0.306 e. The summed E-state index contributed by atoms with van der Waals surface area (Å²) in [6.07, 6.45) is 5.77. The van der Waals surface area contributed by atoms with Crippen LogP contribution < -0.4 is 0 Å². The van der Waals surface area contributed by atoms with Crippen LogP contribution >= 0.6 is 0 Å². The number of rotatable bonds is 3. The van der Waals surface area contributed by atoms with Gasteiger partial charge in [0.25, 0.3) is 0 Å². The molecule has 0 aromatic heterocycles. The number of hydrogen-bond acceptors (Lipinski definition) is 1. The molecular formula is C10H23NSi. The van der Waals surface area contributed by atoms with Gasteiger partial charge in [0.1, 0.15) is 0 Å². The Balaban J connectivity index is 2.28. The van der Waals surface area contributed by atoms with Gasteiger partial charge in [-0.3, -0.25) is 0 Å². The van der Waals surface area contributed by atoms with E-state index >= 15 is 0 Å². The SMILES string of the molecule is CC[Si](C)(C)CN1CCCCC1. The van der Waals surface area contributed by atoms with Crippen molar-refractivity contribution in [2.45, 2.75) is 45.3 Å². The molecule has 0 aromatic carbocycles. The van der Waals surface area contributed by atoms with Crippen LogP contribution in [0.1, 0.15) is 26.2 Å². The molecule has 2 heteroatoms. The summed E-state index contributed by atoms with van der Waals surface area (Å²) in [4.78, 5) is 2.69. The van der Waals surface area contributed by atoms with E-state index in [1.165, 1.54) is 44.6 Å². The first-order chi connectivity index (χ1) is 5.64. The van der Waals surface area contributed by atoms with Crippen LogP contribution in [-0.4, -0.2) is 32.2 Å². The fourth-order valence-corrected chi connectivity index (χ4v) is 3.59. The van der Waals surface area contributed by atoms with Crippen LogP contribution in [-0.2, 0) is 0 Å². The van der Waals surface area contributed by atoms with Crippen LogP contribution in [0.2, 0.25) is 19.1 Å². The maximum atomic E-state index is 2.69. The van der Waals surface area contributed by atoms with Crippen molar-refractivity contribution >= 4 is 8.07 Å². The van der Waals surface area contributed by atoms with Crippen LogP contribution in [0.25, 0.3) is 0 Å².